The van der Waals surface area contributed by atoms with Crippen LogP contribution in [0.5, 0.6) is 0 Å². The molecule has 0 bridgehead atoms. The first-order valence-corrected chi connectivity index (χ1v) is 7.51. The molecule has 0 saturated heterocycles. The maximum Gasteiger partial charge on any atom is 0.460 e. The Morgan fingerprint density at radius 3 is 1.27 bits per heavy atom. The Labute approximate surface area is 172 Å². The highest BCUT2D eigenvalue weighted by molar-refractivity contribution is 5.82. The van der Waals surface area contributed by atoms with Crippen molar-refractivity contribution < 1.29 is 84.9 Å². The lowest BCUT2D eigenvalue weighted by Gasteiger charge is -2.41. The molecule has 0 aliphatic carbocycles. The van der Waals surface area contributed by atoms with Crippen LogP contribution < -0.4 is 0 Å². The predicted octanol–water partition coefficient (Wildman–Crippen LogP) is 5.37. The van der Waals surface area contributed by atoms with Crippen molar-refractivity contribution in [3.8, 4) is 0 Å². The molecule has 0 saturated carbocycles. The highest BCUT2D eigenvalue weighted by atomic mass is 19.4. The van der Waals surface area contributed by atoms with Crippen molar-refractivity contribution in [2.75, 3.05) is 0 Å². The lowest BCUT2D eigenvalue weighted by molar-refractivity contribution is -0.450. The van der Waals surface area contributed by atoms with Crippen LogP contribution in [0.1, 0.15) is 13.8 Å². The zero-order valence-electron chi connectivity index (χ0n) is 15.6. The minimum atomic E-state index is -8.54. The third-order valence-electron chi connectivity index (χ3n) is 3.44. The van der Waals surface area contributed by atoms with Gasteiger partial charge in [-0.2, -0.15) is 65.9 Å². The number of hydrogen-bond donors (Lipinski definition) is 0. The summed E-state index contributed by atoms with van der Waals surface area (Å²) in [6, 6.07) is 0. The van der Waals surface area contributed by atoms with Gasteiger partial charge in [0, 0.05) is 19.9 Å². The zero-order valence-corrected chi connectivity index (χ0v) is 15.6. The lowest BCUT2D eigenvalue weighted by Crippen LogP contribution is -2.73. The van der Waals surface area contributed by atoms with Crippen molar-refractivity contribution in [1.29, 1.82) is 0 Å². The first kappa shape index (κ1) is 30.6. The average Bonchev–Trinajstić information content (AvgIpc) is 2.58. The Hall–Kier alpha value is -2.37. The lowest BCUT2D eigenvalue weighted by atomic mass is 9.91. The first-order valence-electron chi connectivity index (χ1n) is 7.51. The molecule has 0 aromatic carbocycles. The van der Waals surface area contributed by atoms with Gasteiger partial charge in [-0.1, -0.05) is 6.58 Å². The number of hydrogen-bond acceptors (Lipinski definition) is 4. The molecule has 33 heavy (non-hydrogen) atoms. The van der Waals surface area contributed by atoms with E-state index in [1.807, 2.05) is 0 Å². The third-order valence-corrected chi connectivity index (χ3v) is 3.44. The van der Waals surface area contributed by atoms with Crippen LogP contribution >= 0.6 is 0 Å². The largest absolute Gasteiger partial charge is 0.460 e. The zero-order chi connectivity index (χ0) is 27.3. The summed E-state index contributed by atoms with van der Waals surface area (Å²) in [5.41, 5.74) is 0. The number of alkyl halides is 15. The van der Waals surface area contributed by atoms with Gasteiger partial charge < -0.3 is 9.47 Å². The second kappa shape index (κ2) is 8.14. The van der Waals surface area contributed by atoms with Gasteiger partial charge in [-0.15, -0.1) is 0 Å². The minimum Gasteiger partial charge on any atom is -0.420 e. The maximum absolute atomic E-state index is 13.6. The summed E-state index contributed by atoms with van der Waals surface area (Å²) >= 11 is 0. The standard InChI is InChI=1S/C14H9F15O4/c1-4-5(30)32-7(2,3)33-6(31)8(15,16)9(17,18)10(19,20)11(21,22)12(23,24)13(25,26)14(27,28)29/h4H,1H2,2-3H3. The van der Waals surface area contributed by atoms with Crippen LogP contribution in [0.25, 0.3) is 0 Å². The monoisotopic (exact) mass is 526 g/mol. The number of carbonyl (C=O) groups is 2. The molecule has 0 aromatic rings. The van der Waals surface area contributed by atoms with Crippen LogP contribution in [0.2, 0.25) is 0 Å². The van der Waals surface area contributed by atoms with Crippen molar-refractivity contribution in [3.05, 3.63) is 12.7 Å². The van der Waals surface area contributed by atoms with E-state index in [1.54, 1.807) is 0 Å². The van der Waals surface area contributed by atoms with Crippen LogP contribution in [-0.4, -0.2) is 59.4 Å². The van der Waals surface area contributed by atoms with E-state index in [0.717, 1.165) is 0 Å². The Balaban J connectivity index is 6.46. The van der Waals surface area contributed by atoms with E-state index < -0.39 is 59.4 Å². The van der Waals surface area contributed by atoms with Gasteiger partial charge in [-0.05, 0) is 0 Å². The summed E-state index contributed by atoms with van der Waals surface area (Å²) in [7, 11) is 0. The van der Waals surface area contributed by atoms with E-state index in [1.165, 1.54) is 0 Å². The Bertz CT molecular complexity index is 782. The highest BCUT2D eigenvalue weighted by Crippen LogP contribution is 2.62. The summed E-state index contributed by atoms with van der Waals surface area (Å²) in [6.45, 7) is 3.37. The van der Waals surface area contributed by atoms with Gasteiger partial charge in [0.05, 0.1) is 0 Å². The second-order valence-electron chi connectivity index (χ2n) is 6.36. The molecule has 194 valence electrons. The quantitative estimate of drug-likeness (QED) is 0.176. The molecule has 0 fully saturated rings. The first-order chi connectivity index (χ1) is 14.1. The van der Waals surface area contributed by atoms with Crippen LogP contribution in [0.3, 0.4) is 0 Å². The molecule has 0 aliphatic rings. The third kappa shape index (κ3) is 4.67. The van der Waals surface area contributed by atoms with Gasteiger partial charge in [-0.25, -0.2) is 9.59 Å². The van der Waals surface area contributed by atoms with Crippen molar-refractivity contribution >= 4 is 11.9 Å². The molecule has 0 aliphatic heterocycles. The SMILES string of the molecule is C=CC(=O)OC(C)(C)OC(=O)C(F)(F)C(F)(F)C(F)(F)C(F)(F)C(F)(F)C(F)(F)C(F)(F)F. The predicted molar refractivity (Wildman–Crippen MR) is 72.2 cm³/mol. The van der Waals surface area contributed by atoms with Crippen molar-refractivity contribution in [2.45, 2.75) is 61.3 Å². The fraction of sp³-hybridized carbons (Fsp3) is 0.714. The van der Waals surface area contributed by atoms with E-state index >= 15 is 0 Å². The van der Waals surface area contributed by atoms with Crippen LogP contribution in [0, 0.1) is 0 Å². The fourth-order valence-electron chi connectivity index (χ4n) is 1.69. The number of halogens is 15. The Morgan fingerprint density at radius 2 is 0.939 bits per heavy atom. The fourth-order valence-corrected chi connectivity index (χ4v) is 1.69. The normalized spacial score (nSPS) is 15.2. The van der Waals surface area contributed by atoms with Gasteiger partial charge in [0.1, 0.15) is 0 Å². The summed E-state index contributed by atoms with van der Waals surface area (Å²) in [4.78, 5) is 22.1. The molecule has 0 rings (SSSR count). The summed E-state index contributed by atoms with van der Waals surface area (Å²) in [5.74, 6) is -57.5. The summed E-state index contributed by atoms with van der Waals surface area (Å²) < 4.78 is 203. The van der Waals surface area contributed by atoms with Gasteiger partial charge in [-0.3, -0.25) is 0 Å². The number of ether oxygens (including phenoxy) is 2. The van der Waals surface area contributed by atoms with Gasteiger partial charge >= 0.3 is 53.7 Å². The average molecular weight is 526 g/mol. The van der Waals surface area contributed by atoms with Gasteiger partial charge in [0.2, 0.25) is 0 Å². The molecule has 0 unspecified atom stereocenters. The second-order valence-corrected chi connectivity index (χ2v) is 6.36. The molecular formula is C14H9F15O4. The van der Waals surface area contributed by atoms with E-state index in [0.29, 0.717) is 13.8 Å². The smallest absolute Gasteiger partial charge is 0.420 e. The molecule has 0 spiro atoms. The van der Waals surface area contributed by atoms with Crippen molar-refractivity contribution in [2.24, 2.45) is 0 Å². The van der Waals surface area contributed by atoms with Gasteiger partial charge in [0.25, 0.3) is 5.79 Å². The molecule has 0 atom stereocenters. The van der Waals surface area contributed by atoms with E-state index in [2.05, 4.69) is 16.1 Å². The van der Waals surface area contributed by atoms with Crippen LogP contribution in [0.4, 0.5) is 65.9 Å². The summed E-state index contributed by atoms with van der Waals surface area (Å²) in [5, 5.41) is 0. The van der Waals surface area contributed by atoms with Gasteiger partial charge in [0.15, 0.2) is 0 Å². The Morgan fingerprint density at radius 1 is 0.606 bits per heavy atom. The number of esters is 2. The highest BCUT2D eigenvalue weighted by Gasteiger charge is 2.94. The maximum atomic E-state index is 13.6. The molecule has 0 N–H and O–H groups in total. The molecule has 4 nitrogen and oxygen atoms in total. The molecule has 19 heteroatoms. The summed E-state index contributed by atoms with van der Waals surface area (Å²) in [6.07, 6.45) is -7.48. The molecular weight excluding hydrogens is 517 g/mol. The van der Waals surface area contributed by atoms with E-state index in [9.17, 15) is 75.4 Å². The van der Waals surface area contributed by atoms with Crippen molar-refractivity contribution in [1.82, 2.24) is 0 Å². The molecule has 0 amide bonds. The van der Waals surface area contributed by atoms with E-state index in [4.69, 9.17) is 0 Å². The molecule has 0 heterocycles. The topological polar surface area (TPSA) is 52.6 Å². The van der Waals surface area contributed by atoms with Crippen LogP contribution in [-0.2, 0) is 19.1 Å². The van der Waals surface area contributed by atoms with Crippen LogP contribution in [0.15, 0.2) is 12.7 Å². The number of rotatable bonds is 9. The molecule has 0 aromatic heterocycles. The van der Waals surface area contributed by atoms with Crippen molar-refractivity contribution in [3.63, 3.8) is 0 Å². The minimum absolute atomic E-state index is 0.264. The molecule has 0 radical (unpaired) electrons. The Kier molecular flexibility index (Phi) is 7.55. The number of carbonyl (C=O) groups excluding carboxylic acids is 2. The van der Waals surface area contributed by atoms with E-state index in [-0.39, 0.29) is 6.08 Å².